The van der Waals surface area contributed by atoms with Crippen LogP contribution < -0.4 is 4.74 Å². The fraction of sp³-hybridized carbons (Fsp3) is 0.316. The van der Waals surface area contributed by atoms with Crippen LogP contribution in [0.25, 0.3) is 16.8 Å². The van der Waals surface area contributed by atoms with Gasteiger partial charge in [-0.1, -0.05) is 0 Å². The first kappa shape index (κ1) is 19.4. The lowest BCUT2D eigenvalue weighted by Gasteiger charge is -2.11. The van der Waals surface area contributed by atoms with Crippen molar-refractivity contribution in [3.05, 3.63) is 47.6 Å². The Kier molecular flexibility index (Phi) is 5.36. The average molecular weight is 386 g/mol. The molecule has 3 aromatic heterocycles. The Morgan fingerprint density at radius 1 is 1.36 bits per heavy atom. The van der Waals surface area contributed by atoms with Crippen molar-refractivity contribution in [1.82, 2.24) is 19.4 Å². The van der Waals surface area contributed by atoms with E-state index in [1.165, 1.54) is 24.9 Å². The number of carbonyl (C=O) groups excluding carboxylic acids is 1. The Bertz CT molecular complexity index is 1040. The molecule has 3 aromatic rings. The number of rotatable bonds is 6. The average Bonchev–Trinajstić information content (AvgIpc) is 3.25. The molecule has 1 atom stereocenters. The smallest absolute Gasteiger partial charge is 0.345 e. The van der Waals surface area contributed by atoms with E-state index in [4.69, 9.17) is 9.47 Å². The highest BCUT2D eigenvalue weighted by Crippen LogP contribution is 2.27. The van der Waals surface area contributed by atoms with Crippen molar-refractivity contribution in [1.29, 1.82) is 0 Å². The fourth-order valence-electron chi connectivity index (χ4n) is 3.03. The third-order valence-corrected chi connectivity index (χ3v) is 4.24. The molecule has 9 heteroatoms. The normalized spacial score (nSPS) is 13.3. The van der Waals surface area contributed by atoms with E-state index in [1.54, 1.807) is 42.9 Å². The summed E-state index contributed by atoms with van der Waals surface area (Å²) in [7, 11) is 1.43. The summed E-state index contributed by atoms with van der Waals surface area (Å²) in [5.41, 5.74) is 2.50. The van der Waals surface area contributed by atoms with Crippen LogP contribution in [0.3, 0.4) is 0 Å². The molecule has 0 aromatic carbocycles. The number of pyridine rings is 1. The number of aromatic nitrogens is 4. The predicted molar refractivity (Wildman–Crippen MR) is 102 cm³/mol. The number of carbonyl (C=O) groups is 1. The van der Waals surface area contributed by atoms with E-state index in [9.17, 15) is 15.0 Å². The van der Waals surface area contributed by atoms with Crippen molar-refractivity contribution < 1.29 is 24.5 Å². The van der Waals surface area contributed by atoms with Gasteiger partial charge in [0.2, 0.25) is 5.88 Å². The zero-order valence-corrected chi connectivity index (χ0v) is 16.1. The van der Waals surface area contributed by atoms with Crippen LogP contribution in [-0.4, -0.2) is 55.4 Å². The fourth-order valence-corrected chi connectivity index (χ4v) is 3.03. The molecule has 3 rings (SSSR count). The highest BCUT2D eigenvalue weighted by Gasteiger charge is 2.20. The lowest BCUT2D eigenvalue weighted by molar-refractivity contribution is 0.0522. The summed E-state index contributed by atoms with van der Waals surface area (Å²) in [6, 6.07) is 3.55. The number of methoxy groups -OCH3 is 1. The highest BCUT2D eigenvalue weighted by atomic mass is 16.5. The molecule has 0 spiro atoms. The van der Waals surface area contributed by atoms with Crippen LogP contribution in [0.5, 0.6) is 5.88 Å². The van der Waals surface area contributed by atoms with Gasteiger partial charge < -0.3 is 19.7 Å². The third kappa shape index (κ3) is 3.44. The van der Waals surface area contributed by atoms with E-state index in [0.29, 0.717) is 22.3 Å². The monoisotopic (exact) mass is 386 g/mol. The summed E-state index contributed by atoms with van der Waals surface area (Å²) in [5.74, 6) is -0.351. The number of allylic oxidation sites excluding steroid dienone is 1. The van der Waals surface area contributed by atoms with Gasteiger partial charge in [-0.3, -0.25) is 0 Å². The maximum absolute atomic E-state index is 12.1. The summed E-state index contributed by atoms with van der Waals surface area (Å²) < 4.78 is 13.3. The molecule has 0 fully saturated rings. The minimum absolute atomic E-state index is 0.0145. The summed E-state index contributed by atoms with van der Waals surface area (Å²) >= 11 is 0. The first-order valence-electron chi connectivity index (χ1n) is 8.74. The zero-order valence-electron chi connectivity index (χ0n) is 16.1. The predicted octanol–water partition coefficient (Wildman–Crippen LogP) is 2.38. The van der Waals surface area contributed by atoms with E-state index >= 15 is 0 Å². The van der Waals surface area contributed by atoms with E-state index in [-0.39, 0.29) is 23.8 Å². The maximum atomic E-state index is 12.1. The van der Waals surface area contributed by atoms with Gasteiger partial charge in [0.25, 0.3) is 0 Å². The molecule has 0 radical (unpaired) electrons. The van der Waals surface area contributed by atoms with Crippen molar-refractivity contribution in [3.8, 4) is 11.6 Å². The van der Waals surface area contributed by atoms with E-state index in [0.717, 1.165) is 0 Å². The second-order valence-electron chi connectivity index (χ2n) is 6.17. The number of aliphatic hydroxyl groups excluding tert-OH is 2. The summed E-state index contributed by atoms with van der Waals surface area (Å²) in [6.07, 6.45) is 3.95. The van der Waals surface area contributed by atoms with Crippen molar-refractivity contribution in [2.24, 2.45) is 0 Å². The first-order valence-corrected chi connectivity index (χ1v) is 8.74. The zero-order chi connectivity index (χ0) is 20.4. The molecule has 0 amide bonds. The Morgan fingerprint density at radius 2 is 2.11 bits per heavy atom. The number of nitrogens with zero attached hydrogens (tertiary/aromatic N) is 4. The Hall–Kier alpha value is -3.33. The molecule has 2 N–H and O–H groups in total. The van der Waals surface area contributed by atoms with Gasteiger partial charge in [0, 0.05) is 23.5 Å². The number of ether oxygens (including phenoxy) is 2. The summed E-state index contributed by atoms with van der Waals surface area (Å²) in [5, 5.41) is 28.6. The Labute approximate surface area is 161 Å². The summed E-state index contributed by atoms with van der Waals surface area (Å²) in [4.78, 5) is 12.1. The molecule has 9 nitrogen and oxygen atoms in total. The molecule has 0 aliphatic heterocycles. The second kappa shape index (κ2) is 7.73. The van der Waals surface area contributed by atoms with Crippen LogP contribution >= 0.6 is 0 Å². The standard InChI is InChI=1S/C19H22N4O5/c1-5-28-19(26)15-10-23(21-18(15)27-4)13-6-7-22-16(8-13)14(9-20-22)17(11(2)24)12(3)25/h6-11,24-25H,5H2,1-4H3/b17-12+. The van der Waals surface area contributed by atoms with Gasteiger partial charge in [-0.15, -0.1) is 5.10 Å². The molecular weight excluding hydrogens is 364 g/mol. The molecule has 0 bridgehead atoms. The molecule has 28 heavy (non-hydrogen) atoms. The first-order chi connectivity index (χ1) is 13.4. The highest BCUT2D eigenvalue weighted by molar-refractivity contribution is 5.91. The molecule has 0 saturated heterocycles. The Balaban J connectivity index is 2.12. The van der Waals surface area contributed by atoms with Crippen LogP contribution in [-0.2, 0) is 4.74 Å². The van der Waals surface area contributed by atoms with Crippen molar-refractivity contribution >= 4 is 17.1 Å². The number of aliphatic hydroxyl groups is 2. The van der Waals surface area contributed by atoms with Gasteiger partial charge in [-0.25, -0.2) is 14.0 Å². The molecule has 0 saturated carbocycles. The van der Waals surface area contributed by atoms with Gasteiger partial charge in [-0.05, 0) is 32.9 Å². The molecule has 1 unspecified atom stereocenters. The van der Waals surface area contributed by atoms with Crippen molar-refractivity contribution in [3.63, 3.8) is 0 Å². The van der Waals surface area contributed by atoms with Gasteiger partial charge in [0.05, 0.1) is 43.0 Å². The van der Waals surface area contributed by atoms with Crippen LogP contribution in [0, 0.1) is 0 Å². The van der Waals surface area contributed by atoms with Crippen molar-refractivity contribution in [2.75, 3.05) is 13.7 Å². The van der Waals surface area contributed by atoms with Crippen LogP contribution in [0.2, 0.25) is 0 Å². The summed E-state index contributed by atoms with van der Waals surface area (Å²) in [6.45, 7) is 5.05. The minimum Gasteiger partial charge on any atom is -0.512 e. The van der Waals surface area contributed by atoms with E-state index in [1.807, 2.05) is 0 Å². The van der Waals surface area contributed by atoms with Crippen LogP contribution in [0.15, 0.2) is 36.5 Å². The molecular formula is C19H22N4O5. The topological polar surface area (TPSA) is 111 Å². The number of fused-ring (bicyclic) bond motifs is 1. The van der Waals surface area contributed by atoms with E-state index in [2.05, 4.69) is 10.2 Å². The largest absolute Gasteiger partial charge is 0.512 e. The van der Waals surface area contributed by atoms with E-state index < -0.39 is 12.1 Å². The lowest BCUT2D eigenvalue weighted by Crippen LogP contribution is -2.06. The van der Waals surface area contributed by atoms with Crippen molar-refractivity contribution in [2.45, 2.75) is 26.9 Å². The second-order valence-corrected chi connectivity index (χ2v) is 6.17. The van der Waals surface area contributed by atoms with Gasteiger partial charge in [-0.2, -0.15) is 5.10 Å². The lowest BCUT2D eigenvalue weighted by atomic mass is 10.0. The van der Waals surface area contributed by atoms with Gasteiger partial charge in [0.15, 0.2) is 0 Å². The van der Waals surface area contributed by atoms with Crippen LogP contribution in [0.4, 0.5) is 0 Å². The van der Waals surface area contributed by atoms with Gasteiger partial charge >= 0.3 is 5.97 Å². The molecule has 0 aliphatic rings. The van der Waals surface area contributed by atoms with Gasteiger partial charge in [0.1, 0.15) is 5.56 Å². The number of esters is 1. The maximum Gasteiger partial charge on any atom is 0.345 e. The molecule has 148 valence electrons. The number of hydrogen-bond acceptors (Lipinski definition) is 7. The quantitative estimate of drug-likeness (QED) is 0.494. The molecule has 3 heterocycles. The molecule has 0 aliphatic carbocycles. The minimum atomic E-state index is -0.873. The Morgan fingerprint density at radius 3 is 2.71 bits per heavy atom. The SMILES string of the molecule is CCOC(=O)c1cn(-c2ccn3ncc(/C(=C(\C)O)C(C)O)c3c2)nc1OC. The van der Waals surface area contributed by atoms with Crippen LogP contribution in [0.1, 0.15) is 36.7 Å². The third-order valence-electron chi connectivity index (χ3n) is 4.24. The number of hydrogen-bond donors (Lipinski definition) is 2.